The highest BCUT2D eigenvalue weighted by Crippen LogP contribution is 2.32. The number of carbonyl (C=O) groups is 2. The van der Waals surface area contributed by atoms with Gasteiger partial charge in [0.25, 0.3) is 5.91 Å². The summed E-state index contributed by atoms with van der Waals surface area (Å²) in [5.74, 6) is 1.45. The average Bonchev–Trinajstić information content (AvgIpc) is 3.23. The molecule has 1 amide bonds. The normalized spacial score (nSPS) is 13.0. The van der Waals surface area contributed by atoms with Gasteiger partial charge in [-0.15, -0.1) is 0 Å². The highest BCUT2D eigenvalue weighted by atomic mass is 16.7. The first-order chi connectivity index (χ1) is 14.5. The van der Waals surface area contributed by atoms with E-state index in [1.165, 1.54) is 20.1 Å². The van der Waals surface area contributed by atoms with Crippen molar-refractivity contribution in [3.63, 3.8) is 0 Å². The van der Waals surface area contributed by atoms with E-state index in [0.717, 1.165) is 5.56 Å². The summed E-state index contributed by atoms with van der Waals surface area (Å²) in [5.41, 5.74) is 1.52. The molecule has 1 atom stereocenters. The van der Waals surface area contributed by atoms with Gasteiger partial charge in [-0.3, -0.25) is 4.79 Å². The Hall–Kier alpha value is -3.68. The van der Waals surface area contributed by atoms with Gasteiger partial charge in [0.05, 0.1) is 14.2 Å². The van der Waals surface area contributed by atoms with E-state index in [9.17, 15) is 9.59 Å². The van der Waals surface area contributed by atoms with Crippen LogP contribution in [0, 0.1) is 0 Å². The first kappa shape index (κ1) is 21.0. The predicted octanol–water partition coefficient (Wildman–Crippen LogP) is 2.69. The Labute approximate surface area is 174 Å². The summed E-state index contributed by atoms with van der Waals surface area (Å²) in [7, 11) is 3.08. The largest absolute Gasteiger partial charge is 0.497 e. The van der Waals surface area contributed by atoms with Crippen LogP contribution in [0.5, 0.6) is 23.0 Å². The fourth-order valence-electron chi connectivity index (χ4n) is 2.76. The van der Waals surface area contributed by atoms with Crippen molar-refractivity contribution >= 4 is 18.0 Å². The van der Waals surface area contributed by atoms with Crippen LogP contribution in [0.25, 0.3) is 6.08 Å². The molecule has 1 heterocycles. The molecule has 0 fully saturated rings. The summed E-state index contributed by atoms with van der Waals surface area (Å²) in [6, 6.07) is 10.6. The Kier molecular flexibility index (Phi) is 6.79. The molecule has 0 saturated carbocycles. The van der Waals surface area contributed by atoms with E-state index < -0.39 is 18.0 Å². The molecule has 158 valence electrons. The van der Waals surface area contributed by atoms with E-state index >= 15 is 0 Å². The minimum Gasteiger partial charge on any atom is -0.497 e. The molecular weight excluding hydrogens is 390 g/mol. The quantitative estimate of drug-likeness (QED) is 0.525. The van der Waals surface area contributed by atoms with Crippen LogP contribution in [0.4, 0.5) is 0 Å². The van der Waals surface area contributed by atoms with E-state index in [1.807, 2.05) is 6.07 Å². The molecular formula is C22H23NO7. The summed E-state index contributed by atoms with van der Waals surface area (Å²) < 4.78 is 26.1. The summed E-state index contributed by atoms with van der Waals surface area (Å²) >= 11 is 0. The van der Waals surface area contributed by atoms with E-state index in [-0.39, 0.29) is 13.3 Å². The van der Waals surface area contributed by atoms with Crippen molar-refractivity contribution in [2.24, 2.45) is 0 Å². The highest BCUT2D eigenvalue weighted by Gasteiger charge is 2.17. The Morgan fingerprint density at radius 2 is 1.90 bits per heavy atom. The second-order valence-corrected chi connectivity index (χ2v) is 6.43. The zero-order valence-corrected chi connectivity index (χ0v) is 17.0. The van der Waals surface area contributed by atoms with E-state index in [2.05, 4.69) is 5.32 Å². The number of nitrogens with one attached hydrogen (secondary N) is 1. The molecule has 2 aromatic rings. The number of fused-ring (bicyclic) bond motifs is 1. The van der Waals surface area contributed by atoms with Gasteiger partial charge in [0, 0.05) is 24.3 Å². The van der Waals surface area contributed by atoms with Gasteiger partial charge in [-0.05, 0) is 42.8 Å². The van der Waals surface area contributed by atoms with Crippen molar-refractivity contribution < 1.29 is 33.3 Å². The van der Waals surface area contributed by atoms with Crippen molar-refractivity contribution in [2.45, 2.75) is 19.6 Å². The third-order valence-electron chi connectivity index (χ3n) is 4.41. The molecule has 8 heteroatoms. The number of rotatable bonds is 8. The Bertz CT molecular complexity index is 954. The predicted molar refractivity (Wildman–Crippen MR) is 109 cm³/mol. The fourth-order valence-corrected chi connectivity index (χ4v) is 2.76. The number of methoxy groups -OCH3 is 2. The molecule has 0 aromatic heterocycles. The maximum atomic E-state index is 12.2. The number of hydrogen-bond acceptors (Lipinski definition) is 7. The van der Waals surface area contributed by atoms with Crippen LogP contribution in [0.1, 0.15) is 18.1 Å². The minimum atomic E-state index is -0.950. The van der Waals surface area contributed by atoms with Crippen LogP contribution in [0.15, 0.2) is 42.5 Å². The molecule has 3 rings (SSSR count). The van der Waals surface area contributed by atoms with Gasteiger partial charge >= 0.3 is 5.97 Å². The number of esters is 1. The number of carbonyl (C=O) groups excluding carboxylic acids is 2. The Balaban J connectivity index is 1.51. The second-order valence-electron chi connectivity index (χ2n) is 6.43. The lowest BCUT2D eigenvalue weighted by molar-refractivity contribution is -0.150. The molecule has 0 aliphatic carbocycles. The number of hydrogen-bond donors (Lipinski definition) is 1. The highest BCUT2D eigenvalue weighted by molar-refractivity contribution is 5.90. The minimum absolute atomic E-state index is 0.189. The standard InChI is InChI=1S/C22H23NO7/c1-14(22(25)23-12-15-4-8-18-20(10-15)29-13-28-18)30-21(24)9-6-16-5-7-17(26-2)11-19(16)27-3/h4-11,14H,12-13H2,1-3H3,(H,23,25). The summed E-state index contributed by atoms with van der Waals surface area (Å²) in [6.45, 7) is 1.97. The molecule has 0 bridgehead atoms. The van der Waals surface area contributed by atoms with Crippen molar-refractivity contribution in [3.8, 4) is 23.0 Å². The molecule has 0 spiro atoms. The molecule has 1 aliphatic rings. The molecule has 8 nitrogen and oxygen atoms in total. The first-order valence-corrected chi connectivity index (χ1v) is 9.27. The molecule has 1 unspecified atom stereocenters. The summed E-state index contributed by atoms with van der Waals surface area (Å²) in [6.07, 6.45) is 1.85. The van der Waals surface area contributed by atoms with E-state index in [0.29, 0.717) is 28.6 Å². The monoisotopic (exact) mass is 413 g/mol. The van der Waals surface area contributed by atoms with E-state index in [1.54, 1.807) is 43.5 Å². The first-order valence-electron chi connectivity index (χ1n) is 9.27. The van der Waals surface area contributed by atoms with Crippen molar-refractivity contribution in [3.05, 3.63) is 53.6 Å². The molecule has 1 aliphatic heterocycles. The maximum absolute atomic E-state index is 12.2. The summed E-state index contributed by atoms with van der Waals surface area (Å²) in [4.78, 5) is 24.3. The van der Waals surface area contributed by atoms with Crippen molar-refractivity contribution in [2.75, 3.05) is 21.0 Å². The van der Waals surface area contributed by atoms with Crippen LogP contribution < -0.4 is 24.3 Å². The van der Waals surface area contributed by atoms with Gasteiger partial charge in [-0.1, -0.05) is 6.07 Å². The molecule has 30 heavy (non-hydrogen) atoms. The van der Waals surface area contributed by atoms with Crippen LogP contribution in [0.3, 0.4) is 0 Å². The molecule has 0 saturated heterocycles. The third-order valence-corrected chi connectivity index (χ3v) is 4.41. The molecule has 1 N–H and O–H groups in total. The topological polar surface area (TPSA) is 92.3 Å². The van der Waals surface area contributed by atoms with Gasteiger partial charge in [-0.2, -0.15) is 0 Å². The van der Waals surface area contributed by atoms with Crippen molar-refractivity contribution in [1.82, 2.24) is 5.32 Å². The van der Waals surface area contributed by atoms with Crippen LogP contribution in [-0.2, 0) is 20.9 Å². The van der Waals surface area contributed by atoms with Crippen LogP contribution in [-0.4, -0.2) is 39.0 Å². The Morgan fingerprint density at radius 1 is 1.10 bits per heavy atom. The van der Waals surface area contributed by atoms with Gasteiger partial charge in [0.1, 0.15) is 11.5 Å². The maximum Gasteiger partial charge on any atom is 0.331 e. The van der Waals surface area contributed by atoms with Gasteiger partial charge in [0.2, 0.25) is 6.79 Å². The average molecular weight is 413 g/mol. The second kappa shape index (κ2) is 9.69. The van der Waals surface area contributed by atoms with Gasteiger partial charge in [-0.25, -0.2) is 4.79 Å². The lowest BCUT2D eigenvalue weighted by Gasteiger charge is -2.12. The Morgan fingerprint density at radius 3 is 2.67 bits per heavy atom. The lowest BCUT2D eigenvalue weighted by Crippen LogP contribution is -2.35. The van der Waals surface area contributed by atoms with Crippen molar-refractivity contribution in [1.29, 1.82) is 0 Å². The number of amides is 1. The van der Waals surface area contributed by atoms with Gasteiger partial charge in [0.15, 0.2) is 17.6 Å². The zero-order valence-electron chi connectivity index (χ0n) is 17.0. The van der Waals surface area contributed by atoms with E-state index in [4.69, 9.17) is 23.7 Å². The SMILES string of the molecule is COc1ccc(C=CC(=O)OC(C)C(=O)NCc2ccc3c(c2)OCO3)c(OC)c1. The third kappa shape index (κ3) is 5.22. The number of ether oxygens (including phenoxy) is 5. The van der Waals surface area contributed by atoms with Crippen LogP contribution in [0.2, 0.25) is 0 Å². The van der Waals surface area contributed by atoms with Gasteiger partial charge < -0.3 is 29.0 Å². The number of benzene rings is 2. The lowest BCUT2D eigenvalue weighted by atomic mass is 10.1. The zero-order chi connectivity index (χ0) is 21.5. The molecule has 0 radical (unpaired) electrons. The smallest absolute Gasteiger partial charge is 0.331 e. The summed E-state index contributed by atoms with van der Waals surface area (Å²) in [5, 5.41) is 2.73. The van der Waals surface area contributed by atoms with Crippen LogP contribution >= 0.6 is 0 Å². The molecule has 2 aromatic carbocycles. The fraction of sp³-hybridized carbons (Fsp3) is 0.273.